The number of anilines is 1. The molecule has 5 heteroatoms. The third kappa shape index (κ3) is 4.98. The van der Waals surface area contributed by atoms with Gasteiger partial charge in [-0.1, -0.05) is 42.5 Å². The molecule has 4 nitrogen and oxygen atoms in total. The monoisotopic (exact) mass is 404 g/mol. The molecule has 1 aliphatic carbocycles. The first-order valence-electron chi connectivity index (χ1n) is 10.2. The van der Waals surface area contributed by atoms with Crippen LogP contribution in [-0.2, 0) is 11.2 Å². The molecule has 0 spiro atoms. The average molecular weight is 404 g/mol. The Hall–Kier alpha value is -3.34. The van der Waals surface area contributed by atoms with Crippen LogP contribution in [0.2, 0.25) is 0 Å². The van der Waals surface area contributed by atoms with Gasteiger partial charge in [0.2, 0.25) is 5.91 Å². The Balaban J connectivity index is 1.60. The van der Waals surface area contributed by atoms with Gasteiger partial charge in [0.1, 0.15) is 17.6 Å². The number of rotatable bonds is 8. The van der Waals surface area contributed by atoms with Gasteiger partial charge in [-0.3, -0.25) is 4.79 Å². The number of carbonyl (C=O) groups excluding carboxylic acids is 1. The molecule has 0 unspecified atom stereocenters. The van der Waals surface area contributed by atoms with E-state index < -0.39 is 6.04 Å². The Bertz CT molecular complexity index is 1000. The molecule has 0 saturated heterocycles. The zero-order chi connectivity index (χ0) is 20.9. The summed E-state index contributed by atoms with van der Waals surface area (Å²) in [5.74, 6) is 0.365. The maximum Gasteiger partial charge on any atom is 0.247 e. The molecule has 1 amide bonds. The van der Waals surface area contributed by atoms with E-state index in [9.17, 15) is 9.18 Å². The zero-order valence-electron chi connectivity index (χ0n) is 16.9. The van der Waals surface area contributed by atoms with Crippen molar-refractivity contribution in [2.75, 3.05) is 12.4 Å². The summed E-state index contributed by atoms with van der Waals surface area (Å²) in [6, 6.07) is 21.7. The number of nitrogens with one attached hydrogen (secondary N) is 2. The predicted molar refractivity (Wildman–Crippen MR) is 116 cm³/mol. The fourth-order valence-corrected chi connectivity index (χ4v) is 3.46. The van der Waals surface area contributed by atoms with Crippen molar-refractivity contribution in [2.45, 2.75) is 31.3 Å². The van der Waals surface area contributed by atoms with Crippen LogP contribution in [0, 0.1) is 5.82 Å². The Morgan fingerprint density at radius 2 is 1.80 bits per heavy atom. The first-order valence-corrected chi connectivity index (χ1v) is 10.2. The Morgan fingerprint density at radius 1 is 1.07 bits per heavy atom. The minimum atomic E-state index is -0.607. The fraction of sp³-hybridized carbons (Fsp3) is 0.240. The van der Waals surface area contributed by atoms with E-state index in [0.717, 1.165) is 41.8 Å². The van der Waals surface area contributed by atoms with Crippen molar-refractivity contribution in [1.82, 2.24) is 5.32 Å². The predicted octanol–water partition coefficient (Wildman–Crippen LogP) is 4.86. The van der Waals surface area contributed by atoms with Crippen LogP contribution >= 0.6 is 0 Å². The van der Waals surface area contributed by atoms with Crippen molar-refractivity contribution in [2.24, 2.45) is 0 Å². The van der Waals surface area contributed by atoms with Crippen LogP contribution in [-0.4, -0.2) is 19.1 Å². The SMILES string of the molecule is COc1ccc(N[C@@H](C(=O)NC2CC2)c2ccc(F)cc2)cc1Cc1ccccc1. The quantitative estimate of drug-likeness (QED) is 0.564. The van der Waals surface area contributed by atoms with Gasteiger partial charge in [-0.15, -0.1) is 0 Å². The van der Waals surface area contributed by atoms with E-state index in [4.69, 9.17) is 4.74 Å². The van der Waals surface area contributed by atoms with Gasteiger partial charge in [-0.25, -0.2) is 4.39 Å². The van der Waals surface area contributed by atoms with Crippen molar-refractivity contribution in [3.8, 4) is 5.75 Å². The van der Waals surface area contributed by atoms with Gasteiger partial charge >= 0.3 is 0 Å². The van der Waals surface area contributed by atoms with Crippen molar-refractivity contribution >= 4 is 11.6 Å². The third-order valence-corrected chi connectivity index (χ3v) is 5.22. The van der Waals surface area contributed by atoms with E-state index >= 15 is 0 Å². The molecular formula is C25H25FN2O2. The van der Waals surface area contributed by atoms with Crippen molar-refractivity contribution in [1.29, 1.82) is 0 Å². The molecule has 1 aliphatic rings. The van der Waals surface area contributed by atoms with E-state index in [0.29, 0.717) is 0 Å². The molecule has 2 N–H and O–H groups in total. The van der Waals surface area contributed by atoms with Crippen LogP contribution in [0.15, 0.2) is 72.8 Å². The van der Waals surface area contributed by atoms with Crippen molar-refractivity contribution in [3.63, 3.8) is 0 Å². The molecule has 1 fully saturated rings. The van der Waals surface area contributed by atoms with Gasteiger partial charge in [0, 0.05) is 23.7 Å². The topological polar surface area (TPSA) is 50.4 Å². The number of carbonyl (C=O) groups is 1. The summed E-state index contributed by atoms with van der Waals surface area (Å²) in [6.07, 6.45) is 2.73. The molecule has 0 bridgehead atoms. The van der Waals surface area contributed by atoms with E-state index in [1.807, 2.05) is 36.4 Å². The first kappa shape index (κ1) is 20.0. The highest BCUT2D eigenvalue weighted by Gasteiger charge is 2.28. The maximum atomic E-state index is 13.4. The zero-order valence-corrected chi connectivity index (χ0v) is 16.9. The van der Waals surface area contributed by atoms with Gasteiger partial charge in [0.15, 0.2) is 0 Å². The van der Waals surface area contributed by atoms with Crippen LogP contribution in [0.4, 0.5) is 10.1 Å². The van der Waals surface area contributed by atoms with Crippen LogP contribution in [0.25, 0.3) is 0 Å². The molecule has 0 radical (unpaired) electrons. The van der Waals surface area contributed by atoms with Crippen LogP contribution in [0.1, 0.15) is 35.6 Å². The Kier molecular flexibility index (Phi) is 5.98. The first-order chi connectivity index (χ1) is 14.6. The number of halogens is 1. The lowest BCUT2D eigenvalue weighted by Gasteiger charge is -2.21. The van der Waals surface area contributed by atoms with E-state index in [-0.39, 0.29) is 17.8 Å². The highest BCUT2D eigenvalue weighted by Crippen LogP contribution is 2.29. The number of ether oxygens (including phenoxy) is 1. The van der Waals surface area contributed by atoms with Gasteiger partial charge in [-0.05, 0) is 54.3 Å². The molecule has 3 aromatic rings. The van der Waals surface area contributed by atoms with Crippen molar-refractivity contribution in [3.05, 3.63) is 95.3 Å². The molecule has 154 valence electrons. The lowest BCUT2D eigenvalue weighted by atomic mass is 10.0. The summed E-state index contributed by atoms with van der Waals surface area (Å²) >= 11 is 0. The summed E-state index contributed by atoms with van der Waals surface area (Å²) in [6.45, 7) is 0. The minimum absolute atomic E-state index is 0.107. The van der Waals surface area contributed by atoms with Gasteiger partial charge in [0.05, 0.1) is 7.11 Å². The van der Waals surface area contributed by atoms with Gasteiger partial charge < -0.3 is 15.4 Å². The van der Waals surface area contributed by atoms with Crippen LogP contribution < -0.4 is 15.4 Å². The third-order valence-electron chi connectivity index (χ3n) is 5.22. The standard InChI is InChI=1S/C25H25FN2O2/c1-30-23-14-13-22(16-19(23)15-17-5-3-2-4-6-17)27-24(25(29)28-21-11-12-21)18-7-9-20(26)10-8-18/h2-10,13-14,16,21,24,27H,11-12,15H2,1H3,(H,28,29)/t24-/m1/s1. The molecular weight excluding hydrogens is 379 g/mol. The smallest absolute Gasteiger partial charge is 0.247 e. The lowest BCUT2D eigenvalue weighted by Crippen LogP contribution is -2.34. The van der Waals surface area contributed by atoms with Crippen LogP contribution in [0.5, 0.6) is 5.75 Å². The number of hydrogen-bond donors (Lipinski definition) is 2. The van der Waals surface area contributed by atoms with E-state index in [1.54, 1.807) is 19.2 Å². The summed E-state index contributed by atoms with van der Waals surface area (Å²) in [4.78, 5) is 12.9. The largest absolute Gasteiger partial charge is 0.496 e. The summed E-state index contributed by atoms with van der Waals surface area (Å²) < 4.78 is 18.9. The fourth-order valence-electron chi connectivity index (χ4n) is 3.46. The minimum Gasteiger partial charge on any atom is -0.496 e. The second-order valence-electron chi connectivity index (χ2n) is 7.60. The van der Waals surface area contributed by atoms with Gasteiger partial charge in [-0.2, -0.15) is 0 Å². The molecule has 0 aromatic heterocycles. The lowest BCUT2D eigenvalue weighted by molar-refractivity contribution is -0.122. The van der Waals surface area contributed by atoms with E-state index in [1.165, 1.54) is 17.7 Å². The molecule has 3 aromatic carbocycles. The highest BCUT2D eigenvalue weighted by molar-refractivity contribution is 5.86. The normalized spacial score (nSPS) is 14.1. The number of benzene rings is 3. The Morgan fingerprint density at radius 3 is 2.47 bits per heavy atom. The average Bonchev–Trinajstić information content (AvgIpc) is 3.58. The van der Waals surface area contributed by atoms with E-state index in [2.05, 4.69) is 22.8 Å². The molecule has 30 heavy (non-hydrogen) atoms. The molecule has 1 saturated carbocycles. The molecule has 4 rings (SSSR count). The summed E-state index contributed by atoms with van der Waals surface area (Å²) in [7, 11) is 1.65. The number of methoxy groups -OCH3 is 1. The van der Waals surface area contributed by atoms with Gasteiger partial charge in [0.25, 0.3) is 0 Å². The molecule has 0 aliphatic heterocycles. The van der Waals surface area contributed by atoms with Crippen LogP contribution in [0.3, 0.4) is 0 Å². The summed E-state index contributed by atoms with van der Waals surface area (Å²) in [5, 5.41) is 6.38. The number of amides is 1. The maximum absolute atomic E-state index is 13.4. The highest BCUT2D eigenvalue weighted by atomic mass is 19.1. The number of hydrogen-bond acceptors (Lipinski definition) is 3. The second-order valence-corrected chi connectivity index (χ2v) is 7.60. The van der Waals surface area contributed by atoms with Crippen molar-refractivity contribution < 1.29 is 13.9 Å². The summed E-state index contributed by atoms with van der Waals surface area (Å²) in [5.41, 5.74) is 3.72. The molecule has 1 atom stereocenters. The second kappa shape index (κ2) is 8.99. The Labute approximate surface area is 176 Å². The molecule has 0 heterocycles.